The minimum Gasteiger partial charge on any atom is -0.469 e. The second-order valence-electron chi connectivity index (χ2n) is 3.72. The molecule has 2 N–H and O–H groups in total. The first-order chi connectivity index (χ1) is 8.72. The largest absolute Gasteiger partial charge is 0.469 e. The summed E-state index contributed by atoms with van der Waals surface area (Å²) in [7, 11) is 1.31. The molecule has 1 aromatic carbocycles. The van der Waals surface area contributed by atoms with Crippen LogP contribution in [0.4, 0.5) is 0 Å². The van der Waals surface area contributed by atoms with Gasteiger partial charge in [0.05, 0.1) is 30.8 Å². The van der Waals surface area contributed by atoms with Crippen LogP contribution in [0.2, 0.25) is 0 Å². The van der Waals surface area contributed by atoms with Crippen LogP contribution >= 0.6 is 0 Å². The van der Waals surface area contributed by atoms with Crippen LogP contribution in [0.1, 0.15) is 16.8 Å². The maximum atomic E-state index is 11.9. The highest BCUT2D eigenvalue weighted by Gasteiger charge is 2.11. The molecule has 0 unspecified atom stereocenters. The van der Waals surface area contributed by atoms with Gasteiger partial charge in [-0.05, 0) is 6.07 Å². The van der Waals surface area contributed by atoms with Gasteiger partial charge >= 0.3 is 5.97 Å². The van der Waals surface area contributed by atoms with Crippen molar-refractivity contribution in [2.45, 2.75) is 6.42 Å². The molecule has 6 nitrogen and oxygen atoms in total. The van der Waals surface area contributed by atoms with Crippen LogP contribution in [0, 0.1) is 0 Å². The Morgan fingerprint density at radius 3 is 3.06 bits per heavy atom. The van der Waals surface area contributed by atoms with Crippen molar-refractivity contribution < 1.29 is 14.3 Å². The van der Waals surface area contributed by atoms with Crippen LogP contribution in [0.15, 0.2) is 24.4 Å². The Kier molecular flexibility index (Phi) is 3.57. The molecule has 18 heavy (non-hydrogen) atoms. The van der Waals surface area contributed by atoms with E-state index >= 15 is 0 Å². The monoisotopic (exact) mass is 247 g/mol. The lowest BCUT2D eigenvalue weighted by Gasteiger charge is -2.05. The van der Waals surface area contributed by atoms with Crippen molar-refractivity contribution in [2.75, 3.05) is 13.7 Å². The Labute approximate surface area is 103 Å². The van der Waals surface area contributed by atoms with E-state index in [1.807, 2.05) is 6.07 Å². The number of esters is 1. The lowest BCUT2D eigenvalue weighted by molar-refractivity contribution is -0.140. The molecule has 0 aliphatic heterocycles. The molecular formula is C12H13N3O3. The van der Waals surface area contributed by atoms with E-state index in [0.29, 0.717) is 11.1 Å². The summed E-state index contributed by atoms with van der Waals surface area (Å²) in [4.78, 5) is 22.8. The van der Waals surface area contributed by atoms with Crippen LogP contribution in [-0.4, -0.2) is 35.7 Å². The fraction of sp³-hybridized carbons (Fsp3) is 0.250. The highest BCUT2D eigenvalue weighted by Crippen LogP contribution is 2.15. The van der Waals surface area contributed by atoms with Gasteiger partial charge in [-0.2, -0.15) is 5.10 Å². The van der Waals surface area contributed by atoms with E-state index < -0.39 is 0 Å². The molecule has 1 aromatic heterocycles. The maximum Gasteiger partial charge on any atom is 0.307 e. The van der Waals surface area contributed by atoms with E-state index in [4.69, 9.17) is 0 Å². The van der Waals surface area contributed by atoms with E-state index in [0.717, 1.165) is 5.39 Å². The molecular weight excluding hydrogens is 234 g/mol. The number of amides is 1. The zero-order valence-corrected chi connectivity index (χ0v) is 9.90. The molecule has 0 aliphatic carbocycles. The van der Waals surface area contributed by atoms with E-state index in [1.54, 1.807) is 18.3 Å². The second-order valence-corrected chi connectivity index (χ2v) is 3.72. The van der Waals surface area contributed by atoms with Crippen LogP contribution in [0.3, 0.4) is 0 Å². The van der Waals surface area contributed by atoms with Crippen LogP contribution in [0.25, 0.3) is 10.9 Å². The van der Waals surface area contributed by atoms with Crippen molar-refractivity contribution in [1.82, 2.24) is 15.5 Å². The van der Waals surface area contributed by atoms with Gasteiger partial charge < -0.3 is 10.1 Å². The number of methoxy groups -OCH3 is 1. The van der Waals surface area contributed by atoms with Gasteiger partial charge in [-0.25, -0.2) is 0 Å². The molecule has 1 heterocycles. The van der Waals surface area contributed by atoms with Gasteiger partial charge in [0.25, 0.3) is 5.91 Å². The molecule has 1 amide bonds. The number of hydrogen-bond acceptors (Lipinski definition) is 4. The number of ether oxygens (including phenoxy) is 1. The third-order valence-electron chi connectivity index (χ3n) is 2.56. The van der Waals surface area contributed by atoms with Gasteiger partial charge in [0.2, 0.25) is 0 Å². The van der Waals surface area contributed by atoms with E-state index in [2.05, 4.69) is 20.3 Å². The van der Waals surface area contributed by atoms with Crippen molar-refractivity contribution in [3.8, 4) is 0 Å². The molecule has 0 bridgehead atoms. The number of aromatic nitrogens is 2. The number of nitrogens with zero attached hydrogens (tertiary/aromatic N) is 1. The summed E-state index contributed by atoms with van der Waals surface area (Å²) in [5.41, 5.74) is 1.20. The number of fused-ring (bicyclic) bond motifs is 1. The summed E-state index contributed by atoms with van der Waals surface area (Å²) in [5, 5.41) is 10.2. The number of nitrogens with one attached hydrogen (secondary N) is 2. The maximum absolute atomic E-state index is 11.9. The third-order valence-corrected chi connectivity index (χ3v) is 2.56. The molecule has 2 rings (SSSR count). The zero-order chi connectivity index (χ0) is 13.0. The number of carbonyl (C=O) groups is 2. The predicted octanol–water partition coefficient (Wildman–Crippen LogP) is 0.856. The molecule has 0 aliphatic rings. The summed E-state index contributed by atoms with van der Waals surface area (Å²) in [6.45, 7) is 0.246. The first kappa shape index (κ1) is 12.1. The number of H-pyrrole nitrogens is 1. The molecule has 6 heteroatoms. The fourth-order valence-corrected chi connectivity index (χ4v) is 1.63. The van der Waals surface area contributed by atoms with Gasteiger partial charge in [-0.15, -0.1) is 0 Å². The molecule has 2 aromatic rings. The lowest BCUT2D eigenvalue weighted by atomic mass is 10.1. The lowest BCUT2D eigenvalue weighted by Crippen LogP contribution is -2.26. The number of rotatable bonds is 4. The summed E-state index contributed by atoms with van der Waals surface area (Å²) < 4.78 is 4.49. The average Bonchev–Trinajstić information content (AvgIpc) is 2.86. The Bertz CT molecular complexity index is 577. The minimum atomic E-state index is -0.352. The second kappa shape index (κ2) is 5.31. The molecule has 0 radical (unpaired) electrons. The van der Waals surface area contributed by atoms with E-state index in [-0.39, 0.29) is 24.8 Å². The number of aromatic amines is 1. The molecule has 0 saturated heterocycles. The Morgan fingerprint density at radius 1 is 1.44 bits per heavy atom. The van der Waals surface area contributed by atoms with E-state index in [9.17, 15) is 9.59 Å². The minimum absolute atomic E-state index is 0.154. The van der Waals surface area contributed by atoms with Gasteiger partial charge in [-0.1, -0.05) is 12.1 Å². The Balaban J connectivity index is 2.05. The predicted molar refractivity (Wildman–Crippen MR) is 65.1 cm³/mol. The van der Waals surface area contributed by atoms with Crippen molar-refractivity contribution >= 4 is 22.8 Å². The summed E-state index contributed by atoms with van der Waals surface area (Å²) in [5.74, 6) is -0.594. The number of carbonyl (C=O) groups excluding carboxylic acids is 2. The zero-order valence-electron chi connectivity index (χ0n) is 9.90. The SMILES string of the molecule is COC(=O)CCNC(=O)c1cccc2cn[nH]c12. The normalized spacial score (nSPS) is 10.3. The van der Waals surface area contributed by atoms with Gasteiger partial charge in [0.1, 0.15) is 0 Å². The first-order valence-electron chi connectivity index (χ1n) is 5.49. The quantitative estimate of drug-likeness (QED) is 0.785. The van der Waals surface area contributed by atoms with Gasteiger partial charge in [0, 0.05) is 11.9 Å². The standard InChI is InChI=1S/C12H13N3O3/c1-18-10(16)5-6-13-12(17)9-4-2-3-8-7-14-15-11(8)9/h2-4,7H,5-6H2,1H3,(H,13,17)(H,14,15). The Hall–Kier alpha value is -2.37. The summed E-state index contributed by atoms with van der Waals surface area (Å²) in [6, 6.07) is 5.35. The van der Waals surface area contributed by atoms with Crippen LogP contribution in [0.5, 0.6) is 0 Å². The molecule has 0 fully saturated rings. The molecule has 0 saturated carbocycles. The number of para-hydroxylation sites is 1. The topological polar surface area (TPSA) is 84.1 Å². The summed E-state index contributed by atoms with van der Waals surface area (Å²) in [6.07, 6.45) is 1.81. The van der Waals surface area contributed by atoms with E-state index in [1.165, 1.54) is 7.11 Å². The van der Waals surface area contributed by atoms with Crippen molar-refractivity contribution in [3.63, 3.8) is 0 Å². The average molecular weight is 247 g/mol. The van der Waals surface area contributed by atoms with Crippen LogP contribution in [-0.2, 0) is 9.53 Å². The highest BCUT2D eigenvalue weighted by atomic mass is 16.5. The highest BCUT2D eigenvalue weighted by molar-refractivity contribution is 6.05. The van der Waals surface area contributed by atoms with Crippen molar-refractivity contribution in [1.29, 1.82) is 0 Å². The van der Waals surface area contributed by atoms with Crippen LogP contribution < -0.4 is 5.32 Å². The van der Waals surface area contributed by atoms with Crippen molar-refractivity contribution in [2.24, 2.45) is 0 Å². The third kappa shape index (κ3) is 2.48. The first-order valence-corrected chi connectivity index (χ1v) is 5.49. The number of hydrogen-bond donors (Lipinski definition) is 2. The summed E-state index contributed by atoms with van der Waals surface area (Å²) >= 11 is 0. The molecule has 0 atom stereocenters. The molecule has 0 spiro atoms. The fourth-order valence-electron chi connectivity index (χ4n) is 1.63. The van der Waals surface area contributed by atoms with Gasteiger partial charge in [-0.3, -0.25) is 14.7 Å². The number of benzene rings is 1. The van der Waals surface area contributed by atoms with Crippen molar-refractivity contribution in [3.05, 3.63) is 30.0 Å². The Morgan fingerprint density at radius 2 is 2.28 bits per heavy atom. The van der Waals surface area contributed by atoms with Gasteiger partial charge in [0.15, 0.2) is 0 Å². The smallest absolute Gasteiger partial charge is 0.307 e. The molecule has 94 valence electrons.